The number of alkyl halides is 2. The highest BCUT2D eigenvalue weighted by Gasteiger charge is 2.19. The molecule has 0 aliphatic heterocycles. The lowest BCUT2D eigenvalue weighted by Gasteiger charge is -2.15. The normalized spacial score (nSPS) is 13.4. The molecule has 180 valence electrons. The first kappa shape index (κ1) is 24.8. The standard InChI is InChI=1S/C22H23F2N5O4S/c1-13(31-3)21(33-12-19(23)24)22(32-4)28-14(2)29-34(30)18-11-27-20-15(6-5-7-16(18)20)17-10-25-8-9-26-17/h5-11,19,27,29H,2,12H2,1,3-4H3/b21-13-,28-22+. The predicted octanol–water partition coefficient (Wildman–Crippen LogP) is 3.91. The summed E-state index contributed by atoms with van der Waals surface area (Å²) in [6, 6.07) is 5.51. The Morgan fingerprint density at radius 3 is 2.74 bits per heavy atom. The number of nitrogens with one attached hydrogen (secondary N) is 2. The van der Waals surface area contributed by atoms with Gasteiger partial charge in [0.1, 0.15) is 18.2 Å². The van der Waals surface area contributed by atoms with Crippen molar-refractivity contribution in [1.82, 2.24) is 19.7 Å². The van der Waals surface area contributed by atoms with E-state index in [0.717, 1.165) is 11.1 Å². The van der Waals surface area contributed by atoms with Crippen LogP contribution in [0.3, 0.4) is 0 Å². The number of allylic oxidation sites excluding steroid dienone is 1. The monoisotopic (exact) mass is 491 g/mol. The van der Waals surface area contributed by atoms with E-state index in [4.69, 9.17) is 14.2 Å². The molecule has 9 nitrogen and oxygen atoms in total. The number of H-pyrrole nitrogens is 1. The molecular formula is C22H23F2N5O4S. The lowest BCUT2D eigenvalue weighted by atomic mass is 10.1. The van der Waals surface area contributed by atoms with Gasteiger partial charge in [-0.3, -0.25) is 14.7 Å². The molecule has 0 amide bonds. The zero-order valence-corrected chi connectivity index (χ0v) is 19.5. The molecule has 1 aromatic carbocycles. The van der Waals surface area contributed by atoms with E-state index in [9.17, 15) is 13.0 Å². The molecule has 0 spiro atoms. The third-order valence-corrected chi connectivity index (χ3v) is 5.69. The van der Waals surface area contributed by atoms with Gasteiger partial charge in [0.15, 0.2) is 11.0 Å². The Labute approximate surface area is 197 Å². The van der Waals surface area contributed by atoms with Crippen LogP contribution in [0.2, 0.25) is 0 Å². The second kappa shape index (κ2) is 11.4. The highest BCUT2D eigenvalue weighted by molar-refractivity contribution is 7.83. The summed E-state index contributed by atoms with van der Waals surface area (Å²) in [5, 5.41) is 0.703. The molecule has 34 heavy (non-hydrogen) atoms. The molecule has 0 saturated heterocycles. The summed E-state index contributed by atoms with van der Waals surface area (Å²) in [6.45, 7) is 4.36. The fourth-order valence-electron chi connectivity index (χ4n) is 2.98. The fourth-order valence-corrected chi connectivity index (χ4v) is 3.89. The number of fused-ring (bicyclic) bond motifs is 1. The number of hydrogen-bond donors (Lipinski definition) is 2. The van der Waals surface area contributed by atoms with Gasteiger partial charge in [0, 0.05) is 29.5 Å². The summed E-state index contributed by atoms with van der Waals surface area (Å²) < 4.78 is 56.3. The topological polar surface area (TPSA) is 111 Å². The van der Waals surface area contributed by atoms with Gasteiger partial charge in [-0.2, -0.15) is 4.99 Å². The molecule has 2 aromatic heterocycles. The number of rotatable bonds is 10. The minimum atomic E-state index is -2.71. The van der Waals surface area contributed by atoms with E-state index < -0.39 is 24.0 Å². The Kier molecular flexibility index (Phi) is 8.30. The van der Waals surface area contributed by atoms with Crippen LogP contribution in [-0.2, 0) is 25.2 Å². The number of aromatic amines is 1. The first-order chi connectivity index (χ1) is 16.3. The summed E-state index contributed by atoms with van der Waals surface area (Å²) in [5.41, 5.74) is 2.20. The highest BCUT2D eigenvalue weighted by Crippen LogP contribution is 2.29. The summed E-state index contributed by atoms with van der Waals surface area (Å²) in [7, 11) is 0.869. The van der Waals surface area contributed by atoms with Gasteiger partial charge in [-0.25, -0.2) is 13.0 Å². The molecule has 0 aliphatic carbocycles. The second-order valence-electron chi connectivity index (χ2n) is 6.70. The predicted molar refractivity (Wildman–Crippen MR) is 124 cm³/mol. The Morgan fingerprint density at radius 1 is 1.29 bits per heavy atom. The van der Waals surface area contributed by atoms with E-state index in [1.54, 1.807) is 24.8 Å². The molecule has 3 rings (SSSR count). The van der Waals surface area contributed by atoms with Gasteiger partial charge in [-0.15, -0.1) is 0 Å². The molecule has 1 atom stereocenters. The minimum Gasteiger partial charge on any atom is -0.497 e. The molecular weight excluding hydrogens is 468 g/mol. The molecule has 0 saturated carbocycles. The van der Waals surface area contributed by atoms with Crippen LogP contribution in [0, 0.1) is 0 Å². The third kappa shape index (κ3) is 5.76. The molecule has 2 heterocycles. The molecule has 3 aromatic rings. The zero-order chi connectivity index (χ0) is 24.7. The van der Waals surface area contributed by atoms with Gasteiger partial charge in [0.05, 0.1) is 36.5 Å². The maximum atomic E-state index is 13.0. The number of nitrogens with zero attached hydrogens (tertiary/aromatic N) is 3. The first-order valence-corrected chi connectivity index (χ1v) is 11.0. The van der Waals surface area contributed by atoms with Crippen molar-refractivity contribution >= 4 is 27.8 Å². The fraction of sp³-hybridized carbons (Fsp3) is 0.227. The number of aromatic nitrogens is 3. The quantitative estimate of drug-likeness (QED) is 0.253. The second-order valence-corrected chi connectivity index (χ2v) is 7.88. The Morgan fingerprint density at radius 2 is 2.09 bits per heavy atom. The van der Waals surface area contributed by atoms with Crippen LogP contribution < -0.4 is 4.72 Å². The van der Waals surface area contributed by atoms with Crippen molar-refractivity contribution in [3.05, 3.63) is 66.9 Å². The average Bonchev–Trinajstić information content (AvgIpc) is 3.28. The molecule has 1 unspecified atom stereocenters. The summed E-state index contributed by atoms with van der Waals surface area (Å²) >= 11 is 0. The average molecular weight is 492 g/mol. The van der Waals surface area contributed by atoms with E-state index >= 15 is 0 Å². The van der Waals surface area contributed by atoms with Gasteiger partial charge in [-0.1, -0.05) is 24.8 Å². The van der Waals surface area contributed by atoms with Crippen molar-refractivity contribution < 1.29 is 27.2 Å². The van der Waals surface area contributed by atoms with Gasteiger partial charge in [-0.05, 0) is 6.92 Å². The van der Waals surface area contributed by atoms with Gasteiger partial charge >= 0.3 is 0 Å². The van der Waals surface area contributed by atoms with Crippen LogP contribution in [0.1, 0.15) is 6.92 Å². The Bertz CT molecular complexity index is 1240. The highest BCUT2D eigenvalue weighted by atomic mass is 32.2. The van der Waals surface area contributed by atoms with Crippen molar-refractivity contribution in [3.63, 3.8) is 0 Å². The number of halogens is 2. The van der Waals surface area contributed by atoms with Crippen LogP contribution in [0.5, 0.6) is 0 Å². The Hall–Kier alpha value is -3.80. The molecule has 2 N–H and O–H groups in total. The van der Waals surface area contributed by atoms with E-state index in [1.165, 1.54) is 21.1 Å². The summed E-state index contributed by atoms with van der Waals surface area (Å²) in [5.74, 6) is -0.168. The van der Waals surface area contributed by atoms with E-state index in [-0.39, 0.29) is 23.2 Å². The van der Waals surface area contributed by atoms with Gasteiger partial charge in [0.2, 0.25) is 5.76 Å². The summed E-state index contributed by atoms with van der Waals surface area (Å²) in [4.78, 5) is 16.1. The zero-order valence-electron chi connectivity index (χ0n) is 18.7. The van der Waals surface area contributed by atoms with Crippen molar-refractivity contribution in [1.29, 1.82) is 0 Å². The van der Waals surface area contributed by atoms with Crippen LogP contribution in [0.25, 0.3) is 22.2 Å². The van der Waals surface area contributed by atoms with Crippen LogP contribution in [-0.4, -0.2) is 52.3 Å². The molecule has 0 bridgehead atoms. The van der Waals surface area contributed by atoms with Crippen LogP contribution in [0.4, 0.5) is 8.78 Å². The minimum absolute atomic E-state index is 0.0448. The van der Waals surface area contributed by atoms with Crippen LogP contribution in [0.15, 0.2) is 76.8 Å². The SMILES string of the molecule is C=C(/N=C(OC)\C(OCC(F)F)=C(/C)OC)NS(=O)c1c[nH]c2c(-c3cnccn3)cccc12. The van der Waals surface area contributed by atoms with E-state index in [2.05, 4.69) is 31.2 Å². The molecule has 0 aliphatic rings. The van der Waals surface area contributed by atoms with E-state index in [1.807, 2.05) is 18.2 Å². The van der Waals surface area contributed by atoms with Crippen molar-refractivity contribution in [2.24, 2.45) is 4.99 Å². The Balaban J connectivity index is 1.85. The van der Waals surface area contributed by atoms with Crippen molar-refractivity contribution in [3.8, 4) is 11.3 Å². The largest absolute Gasteiger partial charge is 0.497 e. The van der Waals surface area contributed by atoms with Gasteiger partial charge in [0.25, 0.3) is 12.3 Å². The maximum absolute atomic E-state index is 13.0. The van der Waals surface area contributed by atoms with E-state index in [0.29, 0.717) is 16.0 Å². The van der Waals surface area contributed by atoms with Crippen LogP contribution >= 0.6 is 0 Å². The van der Waals surface area contributed by atoms with Gasteiger partial charge < -0.3 is 19.2 Å². The number of aliphatic imine (C=N–C) groups is 1. The first-order valence-electron chi connectivity index (χ1n) is 9.88. The maximum Gasteiger partial charge on any atom is 0.272 e. The van der Waals surface area contributed by atoms with Crippen molar-refractivity contribution in [2.45, 2.75) is 18.2 Å². The van der Waals surface area contributed by atoms with Crippen molar-refractivity contribution in [2.75, 3.05) is 20.8 Å². The molecule has 0 radical (unpaired) electrons. The lowest BCUT2D eigenvalue weighted by Crippen LogP contribution is -2.19. The lowest BCUT2D eigenvalue weighted by molar-refractivity contribution is 0.0473. The number of ether oxygens (including phenoxy) is 3. The number of hydrogen-bond acceptors (Lipinski definition) is 7. The smallest absolute Gasteiger partial charge is 0.272 e. The number of benzene rings is 1. The number of para-hydroxylation sites is 1. The number of methoxy groups -OCH3 is 2. The third-order valence-electron chi connectivity index (χ3n) is 4.53. The molecule has 0 fully saturated rings. The summed E-state index contributed by atoms with van der Waals surface area (Å²) in [6.07, 6.45) is 3.70. The molecule has 12 heteroatoms.